The van der Waals surface area contributed by atoms with Crippen LogP contribution >= 0.6 is 0 Å². The van der Waals surface area contributed by atoms with E-state index in [1.165, 1.54) is 18.2 Å². The highest BCUT2D eigenvalue weighted by molar-refractivity contribution is 5.94. The Balaban J connectivity index is 1.36. The summed E-state index contributed by atoms with van der Waals surface area (Å²) in [7, 11) is 0. The number of nitrogens with one attached hydrogen (secondary N) is 3. The van der Waals surface area contributed by atoms with Crippen molar-refractivity contribution in [3.8, 4) is 0 Å². The largest absolute Gasteiger partial charge is 0.448 e. The van der Waals surface area contributed by atoms with Gasteiger partial charge in [-0.3, -0.25) is 4.79 Å². The van der Waals surface area contributed by atoms with Crippen molar-refractivity contribution in [2.75, 3.05) is 31.6 Å². The molecule has 1 fully saturated rings. The first kappa shape index (κ1) is 33.9. The standard InChI is InChI=1S/C33H36F5N3O4/c1-20(30(21-7-4-3-5-8-21)22-11-14-27(35)28(36)15-22)31(42)41-29-10-6-9-26(34)25(29)13-12-24-16-39-23(17-44-24)18-45-32(43)40-19-33(2,37)38/h3-11,14-15,20,23-24,30,39H,12-13,16-19H2,1-2H3,(H,40,43)(H,41,42)/t20-,23-,24+,30+/m0/s1. The Morgan fingerprint density at radius 2 is 1.76 bits per heavy atom. The molecule has 0 spiro atoms. The summed E-state index contributed by atoms with van der Waals surface area (Å²) in [4.78, 5) is 25.2. The number of carbonyl (C=O) groups is 2. The van der Waals surface area contributed by atoms with Crippen LogP contribution in [0.1, 0.15) is 42.9 Å². The number of carbonyl (C=O) groups excluding carboxylic acids is 2. The second-order valence-corrected chi connectivity index (χ2v) is 11.2. The number of rotatable bonds is 12. The Hall–Kier alpha value is -4.03. The Morgan fingerprint density at radius 3 is 2.42 bits per heavy atom. The number of ether oxygens (including phenoxy) is 2. The SMILES string of the molecule is C[C@H](C(=O)Nc1cccc(F)c1CC[C@@H]1CN[C@H](COC(=O)NCC(C)(F)F)CO1)[C@H](c1ccccc1)c1ccc(F)c(F)c1. The molecule has 4 atom stereocenters. The lowest BCUT2D eigenvalue weighted by molar-refractivity contribution is -0.119. The van der Waals surface area contributed by atoms with Gasteiger partial charge in [-0.1, -0.05) is 49.4 Å². The van der Waals surface area contributed by atoms with E-state index in [0.29, 0.717) is 36.7 Å². The lowest BCUT2D eigenvalue weighted by Gasteiger charge is -2.30. The lowest BCUT2D eigenvalue weighted by atomic mass is 9.81. The molecule has 3 N–H and O–H groups in total. The second kappa shape index (κ2) is 15.3. The van der Waals surface area contributed by atoms with Crippen LogP contribution in [0.25, 0.3) is 0 Å². The Labute approximate surface area is 258 Å². The van der Waals surface area contributed by atoms with E-state index in [2.05, 4.69) is 10.6 Å². The Kier molecular flexibility index (Phi) is 11.5. The zero-order chi connectivity index (χ0) is 32.6. The fourth-order valence-electron chi connectivity index (χ4n) is 5.18. The highest BCUT2D eigenvalue weighted by Gasteiger charge is 2.29. The number of amides is 2. The molecule has 0 radical (unpaired) electrons. The van der Waals surface area contributed by atoms with Crippen molar-refractivity contribution in [1.82, 2.24) is 10.6 Å². The van der Waals surface area contributed by atoms with Crippen LogP contribution in [0.2, 0.25) is 0 Å². The van der Waals surface area contributed by atoms with E-state index in [9.17, 15) is 27.2 Å². The van der Waals surface area contributed by atoms with Gasteiger partial charge in [0.25, 0.3) is 5.92 Å². The smallest absolute Gasteiger partial charge is 0.407 e. The minimum atomic E-state index is -3.05. The maximum atomic E-state index is 15.0. The van der Waals surface area contributed by atoms with Crippen LogP contribution in [0, 0.1) is 23.4 Å². The third kappa shape index (κ3) is 9.73. The Bertz CT molecular complexity index is 1450. The molecule has 7 nitrogen and oxygen atoms in total. The highest BCUT2D eigenvalue weighted by Crippen LogP contribution is 2.34. The van der Waals surface area contributed by atoms with Crippen molar-refractivity contribution in [3.05, 3.63) is 101 Å². The predicted molar refractivity (Wildman–Crippen MR) is 159 cm³/mol. The zero-order valence-corrected chi connectivity index (χ0v) is 24.9. The number of alkyl halides is 2. The first-order valence-corrected chi connectivity index (χ1v) is 14.6. The molecule has 1 aliphatic heterocycles. The van der Waals surface area contributed by atoms with Gasteiger partial charge in [-0.25, -0.2) is 26.7 Å². The maximum Gasteiger partial charge on any atom is 0.407 e. The van der Waals surface area contributed by atoms with E-state index in [1.807, 2.05) is 11.4 Å². The van der Waals surface area contributed by atoms with Crippen LogP contribution in [0.4, 0.5) is 32.4 Å². The fourth-order valence-corrected chi connectivity index (χ4v) is 5.18. The van der Waals surface area contributed by atoms with Crippen LogP contribution in [-0.4, -0.2) is 56.4 Å². The normalized spacial score (nSPS) is 18.1. The molecule has 2 amide bonds. The Morgan fingerprint density at radius 1 is 1.00 bits per heavy atom. The number of morpholine rings is 1. The van der Waals surface area contributed by atoms with Crippen LogP contribution in [0.3, 0.4) is 0 Å². The summed E-state index contributed by atoms with van der Waals surface area (Å²) >= 11 is 0. The average Bonchev–Trinajstić information content (AvgIpc) is 3.01. The topological polar surface area (TPSA) is 88.7 Å². The number of anilines is 1. The molecule has 12 heteroatoms. The van der Waals surface area contributed by atoms with Gasteiger partial charge in [-0.2, -0.15) is 0 Å². The number of hydrogen-bond donors (Lipinski definition) is 3. The van der Waals surface area contributed by atoms with E-state index in [-0.39, 0.29) is 31.8 Å². The van der Waals surface area contributed by atoms with Crippen molar-refractivity contribution in [2.45, 2.75) is 50.7 Å². The molecule has 0 aliphatic carbocycles. The van der Waals surface area contributed by atoms with Crippen molar-refractivity contribution >= 4 is 17.7 Å². The molecule has 1 aliphatic rings. The monoisotopic (exact) mass is 633 g/mol. The summed E-state index contributed by atoms with van der Waals surface area (Å²) in [6.45, 7) is 2.01. The van der Waals surface area contributed by atoms with Crippen molar-refractivity contribution in [1.29, 1.82) is 0 Å². The average molecular weight is 634 g/mol. The van der Waals surface area contributed by atoms with Gasteiger partial charge in [-0.15, -0.1) is 0 Å². The van der Waals surface area contributed by atoms with Gasteiger partial charge in [0.1, 0.15) is 12.4 Å². The molecule has 3 aromatic rings. The minimum Gasteiger partial charge on any atom is -0.448 e. The van der Waals surface area contributed by atoms with Gasteiger partial charge < -0.3 is 25.4 Å². The number of hydrogen-bond acceptors (Lipinski definition) is 5. The summed E-state index contributed by atoms with van der Waals surface area (Å²) in [5, 5.41) is 8.00. The molecule has 3 aromatic carbocycles. The van der Waals surface area contributed by atoms with E-state index in [0.717, 1.165) is 17.7 Å². The first-order chi connectivity index (χ1) is 21.4. The third-order valence-electron chi connectivity index (χ3n) is 7.59. The van der Waals surface area contributed by atoms with Crippen molar-refractivity contribution in [2.24, 2.45) is 5.92 Å². The van der Waals surface area contributed by atoms with Crippen LogP contribution in [0.5, 0.6) is 0 Å². The van der Waals surface area contributed by atoms with Crippen LogP contribution in [0.15, 0.2) is 66.7 Å². The van der Waals surface area contributed by atoms with Gasteiger partial charge in [0.2, 0.25) is 5.91 Å². The molecule has 4 rings (SSSR count). The third-order valence-corrected chi connectivity index (χ3v) is 7.59. The minimum absolute atomic E-state index is 0.0793. The summed E-state index contributed by atoms with van der Waals surface area (Å²) in [5.41, 5.74) is 1.75. The van der Waals surface area contributed by atoms with Crippen LogP contribution in [-0.2, 0) is 20.7 Å². The lowest BCUT2D eigenvalue weighted by Crippen LogP contribution is -2.49. The molecule has 242 valence electrons. The molecular weight excluding hydrogens is 597 g/mol. The predicted octanol–water partition coefficient (Wildman–Crippen LogP) is 6.18. The molecule has 1 heterocycles. The fraction of sp³-hybridized carbons (Fsp3) is 0.394. The van der Waals surface area contributed by atoms with Gasteiger partial charge in [-0.05, 0) is 48.2 Å². The summed E-state index contributed by atoms with van der Waals surface area (Å²) in [5.74, 6) is -7.32. The summed E-state index contributed by atoms with van der Waals surface area (Å²) in [6, 6.07) is 16.6. The van der Waals surface area contributed by atoms with E-state index in [4.69, 9.17) is 9.47 Å². The van der Waals surface area contributed by atoms with Gasteiger partial charge >= 0.3 is 6.09 Å². The summed E-state index contributed by atoms with van der Waals surface area (Å²) in [6.07, 6.45) is -0.605. The quantitative estimate of drug-likeness (QED) is 0.207. The van der Waals surface area contributed by atoms with Gasteiger partial charge in [0.15, 0.2) is 11.6 Å². The maximum absolute atomic E-state index is 15.0. The molecule has 0 aromatic heterocycles. The van der Waals surface area contributed by atoms with E-state index in [1.54, 1.807) is 37.3 Å². The van der Waals surface area contributed by atoms with Crippen molar-refractivity contribution in [3.63, 3.8) is 0 Å². The molecule has 0 unspecified atom stereocenters. The van der Waals surface area contributed by atoms with Crippen molar-refractivity contribution < 1.29 is 41.0 Å². The molecule has 1 saturated heterocycles. The van der Waals surface area contributed by atoms with Gasteiger partial charge in [0.05, 0.1) is 25.3 Å². The van der Waals surface area contributed by atoms with Crippen LogP contribution < -0.4 is 16.0 Å². The molecular formula is C33H36F5N3O4. The second-order valence-electron chi connectivity index (χ2n) is 11.2. The molecule has 0 bridgehead atoms. The van der Waals surface area contributed by atoms with E-state index < -0.39 is 53.8 Å². The molecule has 45 heavy (non-hydrogen) atoms. The number of benzene rings is 3. The first-order valence-electron chi connectivity index (χ1n) is 14.6. The number of alkyl carbamates (subject to hydrolysis) is 1. The van der Waals surface area contributed by atoms with E-state index >= 15 is 4.39 Å². The highest BCUT2D eigenvalue weighted by atomic mass is 19.3. The number of halogens is 5. The zero-order valence-electron chi connectivity index (χ0n) is 24.9. The molecule has 0 saturated carbocycles. The summed E-state index contributed by atoms with van der Waals surface area (Å²) < 4.78 is 79.5. The van der Waals surface area contributed by atoms with Gasteiger partial charge in [0, 0.05) is 36.6 Å².